The summed E-state index contributed by atoms with van der Waals surface area (Å²) >= 11 is 0. The third-order valence-electron chi connectivity index (χ3n) is 11.0. The van der Waals surface area contributed by atoms with Crippen LogP contribution in [0.5, 0.6) is 5.75 Å². The number of alkyl carbamates (subject to hydrolysis) is 1. The number of benzene rings is 1. The van der Waals surface area contributed by atoms with Gasteiger partial charge >= 0.3 is 6.09 Å². The zero-order valence-electron chi connectivity index (χ0n) is 27.4. The molecule has 9 atom stereocenters. The van der Waals surface area contributed by atoms with Crippen LogP contribution in [0.3, 0.4) is 0 Å². The molecule has 4 fully saturated rings. The minimum atomic E-state index is -1.56. The fourth-order valence-corrected chi connectivity index (χ4v) is 8.66. The third-order valence-corrected chi connectivity index (χ3v) is 11.0. The third kappa shape index (κ3) is 5.53. The van der Waals surface area contributed by atoms with Gasteiger partial charge < -0.3 is 29.9 Å². The Labute approximate surface area is 282 Å². The number of carbonyl (C=O) groups excluding carboxylic acids is 4. The highest BCUT2D eigenvalue weighted by molar-refractivity contribution is 6.01. The molecule has 1 aromatic carbocycles. The molecule has 14 heteroatoms. The molecule has 2 saturated carbocycles. The number of rotatable bonds is 5. The highest BCUT2D eigenvalue weighted by Gasteiger charge is 2.65. The molecule has 4 heterocycles. The molecule has 0 radical (unpaired) electrons. The van der Waals surface area contributed by atoms with Gasteiger partial charge in [-0.2, -0.15) is 5.26 Å². The van der Waals surface area contributed by atoms with Crippen LogP contribution in [-0.4, -0.2) is 81.6 Å². The standard InChI is InChI=1S/C35H38F2N6O6/c1-34(2,3)28(40-33(47)48-16-18-7-4-5-8-23(18)36)31(45)42-15-22-19-11-21(24(37)12-19)26(22)27(42)30(44)43-17-35(13-20(43)14-38)32(46)41-29-25(49-35)9-6-10-39-29/h4-10,19-22,24,26-28H,11-13,15-17H2,1-3H3,(H,40,47)(H,39,41,46)/t19-,20-,21+,22+,24+,26-,27-,28+,35+/m0/s1. The van der Waals surface area contributed by atoms with Gasteiger partial charge in [0.05, 0.1) is 12.6 Å². The Balaban J connectivity index is 1.16. The van der Waals surface area contributed by atoms with Crippen molar-refractivity contribution in [2.75, 3.05) is 18.4 Å². The van der Waals surface area contributed by atoms with Crippen LogP contribution in [0.4, 0.5) is 19.4 Å². The number of halogens is 2. The molecule has 1 aromatic heterocycles. The highest BCUT2D eigenvalue weighted by atomic mass is 19.1. The van der Waals surface area contributed by atoms with Gasteiger partial charge in [-0.05, 0) is 60.1 Å². The lowest BCUT2D eigenvalue weighted by Gasteiger charge is -2.38. The molecule has 0 unspecified atom stereocenters. The summed E-state index contributed by atoms with van der Waals surface area (Å²) in [6, 6.07) is 7.92. The number of alkyl halides is 1. The maximum Gasteiger partial charge on any atom is 0.408 e. The predicted molar refractivity (Wildman–Crippen MR) is 169 cm³/mol. The molecule has 2 bridgehead atoms. The van der Waals surface area contributed by atoms with Crippen molar-refractivity contribution in [2.45, 2.75) is 76.5 Å². The molecule has 2 saturated heterocycles. The monoisotopic (exact) mass is 676 g/mol. The molecule has 1 spiro atoms. The first-order chi connectivity index (χ1) is 23.3. The van der Waals surface area contributed by atoms with Gasteiger partial charge in [-0.3, -0.25) is 14.4 Å². The number of fused-ring (bicyclic) bond motifs is 6. The topological polar surface area (TPSA) is 154 Å². The second-order valence-corrected chi connectivity index (χ2v) is 14.9. The molecule has 3 aliphatic heterocycles. The van der Waals surface area contributed by atoms with E-state index in [-0.39, 0.29) is 49.3 Å². The number of carbonyl (C=O) groups is 4. The first-order valence-electron chi connectivity index (χ1n) is 16.6. The number of amides is 4. The van der Waals surface area contributed by atoms with Gasteiger partial charge in [0.2, 0.25) is 17.4 Å². The first kappa shape index (κ1) is 32.7. The Morgan fingerprint density at radius 2 is 1.96 bits per heavy atom. The molecular formula is C35H38F2N6O6. The van der Waals surface area contributed by atoms with E-state index in [9.17, 15) is 28.8 Å². The van der Waals surface area contributed by atoms with Crippen LogP contribution in [0.25, 0.3) is 0 Å². The van der Waals surface area contributed by atoms with Crippen LogP contribution >= 0.6 is 0 Å². The predicted octanol–water partition coefficient (Wildman–Crippen LogP) is 3.58. The normalized spacial score (nSPS) is 31.8. The zero-order valence-corrected chi connectivity index (χ0v) is 27.4. The van der Waals surface area contributed by atoms with E-state index in [4.69, 9.17) is 9.47 Å². The van der Waals surface area contributed by atoms with Gasteiger partial charge in [-0.1, -0.05) is 39.0 Å². The molecule has 4 amide bonds. The number of ether oxygens (including phenoxy) is 2. The van der Waals surface area contributed by atoms with Crippen molar-refractivity contribution in [3.05, 3.63) is 54.0 Å². The van der Waals surface area contributed by atoms with Crippen molar-refractivity contribution >= 4 is 29.6 Å². The number of likely N-dealkylation sites (tertiary alicyclic amines) is 2. The summed E-state index contributed by atoms with van der Waals surface area (Å²) in [6.07, 6.45) is 0.279. The summed E-state index contributed by atoms with van der Waals surface area (Å²) in [7, 11) is 0. The van der Waals surface area contributed by atoms with Crippen LogP contribution in [0.1, 0.15) is 45.6 Å². The zero-order chi connectivity index (χ0) is 34.8. The van der Waals surface area contributed by atoms with E-state index in [1.54, 1.807) is 39.0 Å². The minimum absolute atomic E-state index is 0.0157. The SMILES string of the molecule is CC(C)(C)[C@H](NC(=O)OCc1ccccc1F)C(=O)N1C[C@@H]2[C@H]3C[C@@H]([C@@H]2[C@H]1C(=O)N1C[C@@]2(C[C@H]1C#N)Oc1cccnc1NC2=O)[C@H](F)C3. The van der Waals surface area contributed by atoms with Gasteiger partial charge in [0.25, 0.3) is 5.91 Å². The molecule has 2 aliphatic carbocycles. The van der Waals surface area contributed by atoms with Crippen molar-refractivity contribution in [3.63, 3.8) is 0 Å². The van der Waals surface area contributed by atoms with Gasteiger partial charge in [0.15, 0.2) is 11.6 Å². The summed E-state index contributed by atoms with van der Waals surface area (Å²) in [5.41, 5.74) is -2.26. The number of anilines is 1. The molecule has 5 aliphatic rings. The van der Waals surface area contributed by atoms with E-state index in [2.05, 4.69) is 21.7 Å². The van der Waals surface area contributed by atoms with Crippen LogP contribution < -0.4 is 15.4 Å². The van der Waals surface area contributed by atoms with E-state index in [0.717, 1.165) is 0 Å². The molecule has 7 rings (SSSR count). The summed E-state index contributed by atoms with van der Waals surface area (Å²) in [5.74, 6) is -2.76. The summed E-state index contributed by atoms with van der Waals surface area (Å²) in [6.45, 7) is 4.83. The van der Waals surface area contributed by atoms with Gasteiger partial charge in [-0.25, -0.2) is 18.6 Å². The van der Waals surface area contributed by atoms with E-state index in [1.165, 1.54) is 34.2 Å². The fraction of sp³-hybridized carbons (Fsp3) is 0.543. The summed E-state index contributed by atoms with van der Waals surface area (Å²) < 4.78 is 40.9. The quantitative estimate of drug-likeness (QED) is 0.488. The average Bonchev–Trinajstić information content (AvgIpc) is 3.82. The van der Waals surface area contributed by atoms with E-state index < -0.39 is 76.8 Å². The van der Waals surface area contributed by atoms with E-state index in [1.807, 2.05) is 0 Å². The molecule has 2 aromatic rings. The average molecular weight is 677 g/mol. The highest BCUT2D eigenvalue weighted by Crippen LogP contribution is 2.59. The van der Waals surface area contributed by atoms with Crippen molar-refractivity contribution in [3.8, 4) is 11.8 Å². The smallest absolute Gasteiger partial charge is 0.408 e. The Morgan fingerprint density at radius 1 is 1.18 bits per heavy atom. The maximum absolute atomic E-state index is 15.3. The van der Waals surface area contributed by atoms with Crippen LogP contribution in [-0.2, 0) is 25.7 Å². The Bertz CT molecular complexity index is 1750. The molecular weight excluding hydrogens is 638 g/mol. The van der Waals surface area contributed by atoms with Crippen molar-refractivity contribution in [1.82, 2.24) is 20.1 Å². The van der Waals surface area contributed by atoms with Gasteiger partial charge in [0, 0.05) is 24.7 Å². The Morgan fingerprint density at radius 3 is 2.69 bits per heavy atom. The number of nitrogens with one attached hydrogen (secondary N) is 2. The second-order valence-electron chi connectivity index (χ2n) is 14.9. The van der Waals surface area contributed by atoms with E-state index in [0.29, 0.717) is 18.6 Å². The number of nitriles is 1. The Hall–Kier alpha value is -4.80. The summed E-state index contributed by atoms with van der Waals surface area (Å²) in [4.78, 5) is 62.5. The largest absolute Gasteiger partial charge is 0.472 e. The lowest BCUT2D eigenvalue weighted by molar-refractivity contribution is -0.149. The minimum Gasteiger partial charge on any atom is -0.472 e. The summed E-state index contributed by atoms with van der Waals surface area (Å²) in [5, 5.41) is 15.6. The molecule has 12 nitrogen and oxygen atoms in total. The molecule has 49 heavy (non-hydrogen) atoms. The van der Waals surface area contributed by atoms with Crippen molar-refractivity contribution in [2.24, 2.45) is 29.1 Å². The number of hydrogen-bond acceptors (Lipinski definition) is 8. The van der Waals surface area contributed by atoms with Gasteiger partial charge in [0.1, 0.15) is 36.7 Å². The number of aromatic nitrogens is 1. The maximum atomic E-state index is 15.3. The lowest BCUT2D eigenvalue weighted by Crippen LogP contribution is -2.60. The van der Waals surface area contributed by atoms with Gasteiger partial charge in [-0.15, -0.1) is 0 Å². The van der Waals surface area contributed by atoms with Crippen LogP contribution in [0.2, 0.25) is 0 Å². The van der Waals surface area contributed by atoms with Crippen LogP contribution in [0, 0.1) is 46.2 Å². The Kier molecular flexibility index (Phi) is 7.99. The van der Waals surface area contributed by atoms with E-state index >= 15 is 4.39 Å². The van der Waals surface area contributed by atoms with Crippen LogP contribution in [0.15, 0.2) is 42.6 Å². The number of pyridine rings is 1. The molecule has 258 valence electrons. The number of hydrogen-bond donors (Lipinski definition) is 2. The molecule has 2 N–H and O–H groups in total. The lowest BCUT2D eigenvalue weighted by atomic mass is 9.77. The van der Waals surface area contributed by atoms with Crippen molar-refractivity contribution < 1.29 is 37.4 Å². The first-order valence-corrected chi connectivity index (χ1v) is 16.6. The number of nitrogens with zero attached hydrogens (tertiary/aromatic N) is 4. The second kappa shape index (κ2) is 12.0. The fourth-order valence-electron chi connectivity index (χ4n) is 8.66. The van der Waals surface area contributed by atoms with Crippen molar-refractivity contribution in [1.29, 1.82) is 5.26 Å².